The van der Waals surface area contributed by atoms with E-state index in [0.717, 1.165) is 34.5 Å². The van der Waals surface area contributed by atoms with Crippen molar-refractivity contribution in [2.45, 2.75) is 58.5 Å². The highest BCUT2D eigenvalue weighted by atomic mass is 16.5. The van der Waals surface area contributed by atoms with Gasteiger partial charge < -0.3 is 13.9 Å². The van der Waals surface area contributed by atoms with Crippen LogP contribution in [0.4, 0.5) is 0 Å². The number of fused-ring (bicyclic) bond motifs is 4. The Morgan fingerprint density at radius 3 is 2.68 bits per heavy atom. The van der Waals surface area contributed by atoms with Gasteiger partial charge in [0.05, 0.1) is 25.3 Å². The van der Waals surface area contributed by atoms with Gasteiger partial charge in [-0.2, -0.15) is 0 Å². The molecule has 178 valence electrons. The number of ether oxygens (including phenoxy) is 2. The quantitative estimate of drug-likeness (QED) is 0.614. The first-order valence-electron chi connectivity index (χ1n) is 11.7. The zero-order valence-corrected chi connectivity index (χ0v) is 20.1. The number of aryl methyl sites for hydroxylation is 1. The van der Waals surface area contributed by atoms with Crippen LogP contribution in [-0.2, 0) is 30.9 Å². The van der Waals surface area contributed by atoms with Gasteiger partial charge in [-0.15, -0.1) is 0 Å². The molecule has 0 radical (unpaired) electrons. The summed E-state index contributed by atoms with van der Waals surface area (Å²) in [6.07, 6.45) is 5.84. The van der Waals surface area contributed by atoms with Gasteiger partial charge in [0.25, 0.3) is 0 Å². The van der Waals surface area contributed by atoms with Crippen LogP contribution in [0.25, 0.3) is 5.57 Å². The molecule has 3 aliphatic rings. The predicted molar refractivity (Wildman–Crippen MR) is 123 cm³/mol. The lowest BCUT2D eigenvalue weighted by molar-refractivity contribution is -0.150. The summed E-state index contributed by atoms with van der Waals surface area (Å²) in [5, 5.41) is 0. The van der Waals surface area contributed by atoms with Gasteiger partial charge in [-0.25, -0.2) is 4.79 Å². The third-order valence-corrected chi connectivity index (χ3v) is 8.24. The van der Waals surface area contributed by atoms with Gasteiger partial charge in [0.2, 0.25) is 0 Å². The molecule has 0 saturated carbocycles. The van der Waals surface area contributed by atoms with E-state index in [9.17, 15) is 14.4 Å². The molecule has 3 heterocycles. The molecule has 0 N–H and O–H groups in total. The number of rotatable bonds is 3. The molecule has 2 aromatic rings. The van der Waals surface area contributed by atoms with Crippen molar-refractivity contribution in [3.8, 4) is 0 Å². The molecule has 0 amide bonds. The number of aromatic nitrogens is 1. The van der Waals surface area contributed by atoms with E-state index in [-0.39, 0.29) is 30.0 Å². The molecule has 0 bridgehead atoms. The number of furan rings is 1. The molecule has 5 rings (SSSR count). The normalized spacial score (nSPS) is 29.3. The first kappa shape index (κ1) is 22.6. The fraction of sp³-hybridized carbons (Fsp3) is 0.481. The van der Waals surface area contributed by atoms with Crippen LogP contribution in [0.2, 0.25) is 0 Å². The standard InChI is InChI=1S/C27H29NO6/c1-14-18(11-21(29)32-5)26(2,3)24-17(23(14)31)10-16-19-12-22(30)34-25(15-7-9-33-13-15)27(19,4)8-6-20(16)28-24/h7,9-10,12-14,18,25H,6,8,11H2,1-5H3/t14-,18-,25+,27-/m1/s1. The third kappa shape index (κ3) is 3.16. The Hall–Kier alpha value is -3.22. The van der Waals surface area contributed by atoms with Crippen molar-refractivity contribution in [3.05, 3.63) is 58.8 Å². The second kappa shape index (κ2) is 7.65. The molecule has 0 fully saturated rings. The largest absolute Gasteiger partial charge is 0.472 e. The minimum atomic E-state index is -0.494. The van der Waals surface area contributed by atoms with E-state index >= 15 is 0 Å². The zero-order chi connectivity index (χ0) is 24.4. The summed E-state index contributed by atoms with van der Waals surface area (Å²) < 4.78 is 15.9. The number of cyclic esters (lactones) is 1. The van der Waals surface area contributed by atoms with E-state index in [2.05, 4.69) is 6.92 Å². The summed E-state index contributed by atoms with van der Waals surface area (Å²) in [6.45, 7) is 8.05. The average molecular weight is 464 g/mol. The van der Waals surface area contributed by atoms with Gasteiger partial charge in [0.1, 0.15) is 6.10 Å². The molecule has 0 saturated heterocycles. The van der Waals surface area contributed by atoms with Crippen molar-refractivity contribution in [2.24, 2.45) is 17.3 Å². The minimum absolute atomic E-state index is 0.0313. The van der Waals surface area contributed by atoms with Crippen molar-refractivity contribution in [1.29, 1.82) is 0 Å². The summed E-state index contributed by atoms with van der Waals surface area (Å²) in [4.78, 5) is 43.2. The van der Waals surface area contributed by atoms with E-state index < -0.39 is 22.9 Å². The molecule has 7 heteroatoms. The van der Waals surface area contributed by atoms with Crippen molar-refractivity contribution in [3.63, 3.8) is 0 Å². The minimum Gasteiger partial charge on any atom is -0.472 e. The van der Waals surface area contributed by atoms with Crippen molar-refractivity contribution < 1.29 is 28.3 Å². The Bertz CT molecular complexity index is 1220. The van der Waals surface area contributed by atoms with E-state index in [1.165, 1.54) is 7.11 Å². The van der Waals surface area contributed by atoms with E-state index in [0.29, 0.717) is 12.0 Å². The molecule has 7 nitrogen and oxygen atoms in total. The van der Waals surface area contributed by atoms with Gasteiger partial charge >= 0.3 is 11.9 Å². The Kier molecular flexibility index (Phi) is 5.08. The Morgan fingerprint density at radius 1 is 1.24 bits per heavy atom. The lowest BCUT2D eigenvalue weighted by Crippen LogP contribution is -2.45. The van der Waals surface area contributed by atoms with Crippen molar-refractivity contribution in [1.82, 2.24) is 4.98 Å². The summed E-state index contributed by atoms with van der Waals surface area (Å²) in [7, 11) is 1.37. The molecule has 2 aliphatic carbocycles. The fourth-order valence-electron chi connectivity index (χ4n) is 6.17. The number of methoxy groups -OCH3 is 1. The van der Waals surface area contributed by atoms with Gasteiger partial charge in [-0.1, -0.05) is 27.7 Å². The van der Waals surface area contributed by atoms with Crippen LogP contribution >= 0.6 is 0 Å². The van der Waals surface area contributed by atoms with Crippen LogP contribution in [-0.4, -0.2) is 29.8 Å². The van der Waals surface area contributed by atoms with Gasteiger partial charge in [0, 0.05) is 51.6 Å². The lowest BCUT2D eigenvalue weighted by Gasteiger charge is -2.46. The van der Waals surface area contributed by atoms with Crippen LogP contribution in [0.15, 0.2) is 35.2 Å². The van der Waals surface area contributed by atoms with Crippen LogP contribution in [0, 0.1) is 17.3 Å². The number of carbonyl (C=O) groups excluding carboxylic acids is 3. The second-order valence-corrected chi connectivity index (χ2v) is 10.5. The third-order valence-electron chi connectivity index (χ3n) is 8.24. The predicted octanol–water partition coefficient (Wildman–Crippen LogP) is 4.60. The molecule has 0 unspecified atom stereocenters. The highest BCUT2D eigenvalue weighted by molar-refractivity contribution is 6.03. The lowest BCUT2D eigenvalue weighted by atomic mass is 9.60. The molecule has 2 aromatic heterocycles. The summed E-state index contributed by atoms with van der Waals surface area (Å²) in [5.74, 6) is -1.35. The monoisotopic (exact) mass is 463 g/mol. The molecular weight excluding hydrogens is 434 g/mol. The van der Waals surface area contributed by atoms with E-state index in [4.69, 9.17) is 18.9 Å². The Morgan fingerprint density at radius 2 is 2.00 bits per heavy atom. The maximum absolute atomic E-state index is 13.5. The number of pyridine rings is 1. The molecule has 1 aliphatic heterocycles. The smallest absolute Gasteiger partial charge is 0.331 e. The van der Waals surface area contributed by atoms with Crippen LogP contribution in [0.3, 0.4) is 0 Å². The maximum atomic E-state index is 13.5. The first-order valence-corrected chi connectivity index (χ1v) is 11.7. The number of esters is 2. The van der Waals surface area contributed by atoms with Gasteiger partial charge in [-0.3, -0.25) is 14.6 Å². The topological polar surface area (TPSA) is 95.7 Å². The van der Waals surface area contributed by atoms with Crippen LogP contribution < -0.4 is 0 Å². The molecule has 0 spiro atoms. The van der Waals surface area contributed by atoms with Crippen LogP contribution in [0.5, 0.6) is 0 Å². The number of hydrogen-bond donors (Lipinski definition) is 0. The second-order valence-electron chi connectivity index (χ2n) is 10.5. The van der Waals surface area contributed by atoms with Crippen molar-refractivity contribution >= 4 is 23.3 Å². The Labute approximate surface area is 198 Å². The number of nitrogens with zero attached hydrogens (tertiary/aromatic N) is 1. The molecule has 4 atom stereocenters. The first-order chi connectivity index (χ1) is 16.1. The fourth-order valence-corrected chi connectivity index (χ4v) is 6.17. The SMILES string of the molecule is COC(=O)C[C@@H]1[C@@H](C)C(=O)c2cc3c(nc2C1(C)C)CC[C@]1(C)C3=CC(=O)O[C@H]1c1ccoc1. The number of hydrogen-bond acceptors (Lipinski definition) is 7. The highest BCUT2D eigenvalue weighted by Crippen LogP contribution is 2.56. The molecular formula is C27H29NO6. The van der Waals surface area contributed by atoms with Gasteiger partial charge in [-0.05, 0) is 36.5 Å². The van der Waals surface area contributed by atoms with Crippen molar-refractivity contribution in [2.75, 3.05) is 7.11 Å². The molecule has 0 aromatic carbocycles. The Balaban J connectivity index is 1.64. The average Bonchev–Trinajstić information content (AvgIpc) is 3.34. The van der Waals surface area contributed by atoms with E-state index in [1.54, 1.807) is 18.6 Å². The zero-order valence-electron chi connectivity index (χ0n) is 20.1. The van der Waals surface area contributed by atoms with Crippen LogP contribution in [0.1, 0.15) is 79.5 Å². The summed E-state index contributed by atoms with van der Waals surface area (Å²) >= 11 is 0. The number of carbonyl (C=O) groups is 3. The summed E-state index contributed by atoms with van der Waals surface area (Å²) in [6, 6.07) is 3.74. The molecule has 34 heavy (non-hydrogen) atoms. The maximum Gasteiger partial charge on any atom is 0.331 e. The number of ketones is 1. The van der Waals surface area contributed by atoms with Gasteiger partial charge in [0.15, 0.2) is 5.78 Å². The highest BCUT2D eigenvalue weighted by Gasteiger charge is 2.51. The van der Waals surface area contributed by atoms with E-state index in [1.807, 2.05) is 32.9 Å². The summed E-state index contributed by atoms with van der Waals surface area (Å²) in [5.41, 5.74) is 3.70. The number of Topliss-reactive ketones (excluding diaryl/α,β-unsaturated/α-hetero) is 1.